The quantitative estimate of drug-likeness (QED) is 0.535. The molecule has 0 saturated carbocycles. The van der Waals surface area contributed by atoms with E-state index < -0.39 is 32.2 Å². The molecule has 0 unspecified atom stereocenters. The summed E-state index contributed by atoms with van der Waals surface area (Å²) in [5.74, 6) is -0.689. The minimum absolute atomic E-state index is 0.0434. The van der Waals surface area contributed by atoms with Crippen LogP contribution in [0.15, 0.2) is 41.3 Å². The highest BCUT2D eigenvalue weighted by molar-refractivity contribution is 7.95. The largest absolute Gasteiger partial charge is 0.507 e. The number of nitrogens with zero attached hydrogens (tertiary/aromatic N) is 1. The molecule has 0 atom stereocenters. The molecule has 0 amide bonds. The maximum atomic E-state index is 12.9. The van der Waals surface area contributed by atoms with E-state index in [0.29, 0.717) is 16.7 Å². The van der Waals surface area contributed by atoms with Gasteiger partial charge >= 0.3 is 6.18 Å². The zero-order valence-electron chi connectivity index (χ0n) is 17.7. The molecule has 31 heavy (non-hydrogen) atoms. The van der Waals surface area contributed by atoms with E-state index in [2.05, 4.69) is 0 Å². The molecule has 0 fully saturated rings. The molecule has 0 bridgehead atoms. The van der Waals surface area contributed by atoms with E-state index in [1.54, 1.807) is 18.2 Å². The van der Waals surface area contributed by atoms with Crippen molar-refractivity contribution in [3.05, 3.63) is 69.1 Å². The van der Waals surface area contributed by atoms with Crippen molar-refractivity contribution >= 4 is 15.9 Å². The third kappa shape index (κ3) is 5.88. The predicted octanol–water partition coefficient (Wildman–Crippen LogP) is 6.14. The number of benzene rings is 2. The van der Waals surface area contributed by atoms with E-state index in [-0.39, 0.29) is 23.1 Å². The molecule has 2 aromatic rings. The van der Waals surface area contributed by atoms with Crippen molar-refractivity contribution in [2.24, 2.45) is 0 Å². The van der Waals surface area contributed by atoms with Crippen molar-refractivity contribution in [2.45, 2.75) is 51.5 Å². The number of rotatable bonds is 6. The summed E-state index contributed by atoms with van der Waals surface area (Å²) in [7, 11) is -4.19. The van der Waals surface area contributed by atoms with Gasteiger partial charge in [0.15, 0.2) is 9.84 Å². The number of allylic oxidation sites excluding steroid dienone is 1. The number of hydrogen-bond donors (Lipinski definition) is 1. The Kier molecular flexibility index (Phi) is 7.22. The Labute approximate surface area is 180 Å². The highest BCUT2D eigenvalue weighted by Crippen LogP contribution is 2.36. The molecular formula is C23H24F3NO3S. The SMILES string of the molecule is CC(C)c1cc(/C=C(/C#N)S(=O)(=O)Cc2cccc(C(F)(F)F)c2)cc(C(C)C)c1O. The van der Waals surface area contributed by atoms with Crippen molar-refractivity contribution < 1.29 is 26.7 Å². The van der Waals surface area contributed by atoms with Crippen molar-refractivity contribution in [1.82, 2.24) is 0 Å². The zero-order valence-corrected chi connectivity index (χ0v) is 18.5. The maximum absolute atomic E-state index is 12.9. The Balaban J connectivity index is 2.51. The number of halogens is 3. The van der Waals surface area contributed by atoms with Gasteiger partial charge in [0, 0.05) is 0 Å². The van der Waals surface area contributed by atoms with Crippen LogP contribution in [0.4, 0.5) is 13.2 Å². The molecule has 0 heterocycles. The fourth-order valence-corrected chi connectivity index (χ4v) is 4.37. The minimum Gasteiger partial charge on any atom is -0.507 e. The monoisotopic (exact) mass is 451 g/mol. The number of phenolic OH excluding ortho intramolecular Hbond substituents is 1. The number of sulfone groups is 1. The molecule has 0 aliphatic carbocycles. The van der Waals surface area contributed by atoms with Crippen LogP contribution >= 0.6 is 0 Å². The van der Waals surface area contributed by atoms with Crippen LogP contribution in [0.1, 0.15) is 67.3 Å². The van der Waals surface area contributed by atoms with Crippen LogP contribution in [0.25, 0.3) is 6.08 Å². The normalized spacial score (nSPS) is 13.0. The van der Waals surface area contributed by atoms with Crippen LogP contribution in [0.5, 0.6) is 5.75 Å². The second-order valence-corrected chi connectivity index (χ2v) is 9.89. The van der Waals surface area contributed by atoms with E-state index >= 15 is 0 Å². The lowest BCUT2D eigenvalue weighted by Gasteiger charge is -2.16. The summed E-state index contributed by atoms with van der Waals surface area (Å²) in [4.78, 5) is -0.556. The van der Waals surface area contributed by atoms with Gasteiger partial charge in [-0.05, 0) is 58.4 Å². The van der Waals surface area contributed by atoms with Gasteiger partial charge in [0.25, 0.3) is 0 Å². The van der Waals surface area contributed by atoms with E-state index in [9.17, 15) is 32.0 Å². The van der Waals surface area contributed by atoms with Crippen LogP contribution in [-0.2, 0) is 21.8 Å². The Morgan fingerprint density at radius 2 is 1.65 bits per heavy atom. The lowest BCUT2D eigenvalue weighted by molar-refractivity contribution is -0.137. The summed E-state index contributed by atoms with van der Waals surface area (Å²) in [6.45, 7) is 7.51. The number of aromatic hydroxyl groups is 1. The first kappa shape index (κ1) is 24.5. The van der Waals surface area contributed by atoms with Gasteiger partial charge in [-0.25, -0.2) is 8.42 Å². The molecule has 0 aliphatic rings. The Bertz CT molecular complexity index is 1110. The van der Waals surface area contributed by atoms with Crippen LogP contribution in [0, 0.1) is 11.3 Å². The van der Waals surface area contributed by atoms with E-state index in [4.69, 9.17) is 0 Å². The van der Waals surface area contributed by atoms with Gasteiger partial charge in [-0.15, -0.1) is 0 Å². The standard InChI is InChI=1S/C23H24F3NO3S/c1-14(2)20-10-17(11-21(15(3)4)22(20)28)9-19(12-27)31(29,30)13-16-6-5-7-18(8-16)23(24,25)26/h5-11,14-15,28H,13H2,1-4H3/b19-9-. The predicted molar refractivity (Wildman–Crippen MR) is 114 cm³/mol. The summed E-state index contributed by atoms with van der Waals surface area (Å²) < 4.78 is 64.3. The van der Waals surface area contributed by atoms with E-state index in [1.165, 1.54) is 12.1 Å². The minimum atomic E-state index is -4.60. The highest BCUT2D eigenvalue weighted by atomic mass is 32.2. The molecule has 166 valence electrons. The maximum Gasteiger partial charge on any atom is 0.416 e. The first-order valence-corrected chi connectivity index (χ1v) is 11.3. The first-order chi connectivity index (χ1) is 14.3. The number of hydrogen-bond acceptors (Lipinski definition) is 4. The Morgan fingerprint density at radius 1 is 1.10 bits per heavy atom. The molecule has 0 saturated heterocycles. The van der Waals surface area contributed by atoms with Crippen molar-refractivity contribution in [3.8, 4) is 11.8 Å². The molecule has 8 heteroatoms. The second kappa shape index (κ2) is 9.15. The highest BCUT2D eigenvalue weighted by Gasteiger charge is 2.31. The molecular weight excluding hydrogens is 427 g/mol. The van der Waals surface area contributed by atoms with Crippen molar-refractivity contribution in [2.75, 3.05) is 0 Å². The van der Waals surface area contributed by atoms with Crippen LogP contribution in [0.2, 0.25) is 0 Å². The van der Waals surface area contributed by atoms with Crippen molar-refractivity contribution in [3.63, 3.8) is 0 Å². The van der Waals surface area contributed by atoms with Gasteiger partial charge in [-0.1, -0.05) is 45.9 Å². The second-order valence-electron chi connectivity index (χ2n) is 7.93. The summed E-state index contributed by atoms with van der Waals surface area (Å²) in [5.41, 5.74) is 0.640. The third-order valence-electron chi connectivity index (χ3n) is 4.79. The number of phenols is 1. The fraction of sp³-hybridized carbons (Fsp3) is 0.348. The van der Waals surface area contributed by atoms with Crippen LogP contribution in [-0.4, -0.2) is 13.5 Å². The van der Waals surface area contributed by atoms with Gasteiger partial charge in [0.2, 0.25) is 0 Å². The first-order valence-electron chi connectivity index (χ1n) is 9.63. The van der Waals surface area contributed by atoms with Crippen LogP contribution < -0.4 is 0 Å². The summed E-state index contributed by atoms with van der Waals surface area (Å²) in [5, 5.41) is 20.0. The topological polar surface area (TPSA) is 78.2 Å². The van der Waals surface area contributed by atoms with Gasteiger partial charge in [0.05, 0.1) is 11.3 Å². The summed E-state index contributed by atoms with van der Waals surface area (Å²) in [6, 6.07) is 8.91. The molecule has 1 N–H and O–H groups in total. The van der Waals surface area contributed by atoms with Crippen LogP contribution in [0.3, 0.4) is 0 Å². The molecule has 0 aromatic heterocycles. The van der Waals surface area contributed by atoms with Gasteiger partial charge in [-0.2, -0.15) is 18.4 Å². The third-order valence-corrected chi connectivity index (χ3v) is 6.38. The average Bonchev–Trinajstić information content (AvgIpc) is 2.65. The molecule has 2 rings (SSSR count). The van der Waals surface area contributed by atoms with Gasteiger partial charge in [0.1, 0.15) is 16.7 Å². The molecule has 0 spiro atoms. The Morgan fingerprint density at radius 3 is 2.10 bits per heavy atom. The summed E-state index contributed by atoms with van der Waals surface area (Å²) >= 11 is 0. The molecule has 0 aliphatic heterocycles. The van der Waals surface area contributed by atoms with Crippen molar-refractivity contribution in [1.29, 1.82) is 5.26 Å². The number of alkyl halides is 3. The van der Waals surface area contributed by atoms with E-state index in [0.717, 1.165) is 18.2 Å². The Hall–Kier alpha value is -2.79. The fourth-order valence-electron chi connectivity index (χ4n) is 3.15. The number of nitriles is 1. The molecule has 2 aromatic carbocycles. The van der Waals surface area contributed by atoms with Gasteiger partial charge in [-0.3, -0.25) is 0 Å². The summed E-state index contributed by atoms with van der Waals surface area (Å²) in [6.07, 6.45) is -3.40. The zero-order chi connectivity index (χ0) is 23.6. The lowest BCUT2D eigenvalue weighted by Crippen LogP contribution is -2.09. The van der Waals surface area contributed by atoms with Gasteiger partial charge < -0.3 is 5.11 Å². The molecule has 4 nitrogen and oxygen atoms in total. The smallest absolute Gasteiger partial charge is 0.416 e. The lowest BCUT2D eigenvalue weighted by atomic mass is 9.91. The average molecular weight is 452 g/mol. The molecule has 0 radical (unpaired) electrons. The van der Waals surface area contributed by atoms with E-state index in [1.807, 2.05) is 27.7 Å².